The fraction of sp³-hybridized carbons (Fsp3) is 0.345. The van der Waals surface area contributed by atoms with Crippen molar-refractivity contribution in [1.82, 2.24) is 14.8 Å². The summed E-state index contributed by atoms with van der Waals surface area (Å²) in [5, 5.41) is 0.562. The van der Waals surface area contributed by atoms with E-state index < -0.39 is 0 Å². The maximum absolute atomic E-state index is 13.6. The van der Waals surface area contributed by atoms with Gasteiger partial charge in [-0.15, -0.1) is 0 Å². The topological polar surface area (TPSA) is 56.8 Å². The Bertz CT molecular complexity index is 1230. The molecule has 6 nitrogen and oxygen atoms in total. The largest absolute Gasteiger partial charge is 0.368 e. The summed E-state index contributed by atoms with van der Waals surface area (Å²) in [6, 6.07) is 21.3. The molecule has 3 heterocycles. The van der Waals surface area contributed by atoms with E-state index in [9.17, 15) is 9.59 Å². The second-order valence-electron chi connectivity index (χ2n) is 9.58. The molecule has 0 unspecified atom stereocenters. The van der Waals surface area contributed by atoms with Crippen LogP contribution in [0.25, 0.3) is 0 Å². The number of carbonyl (C=O) groups is 2. The third kappa shape index (κ3) is 5.24. The van der Waals surface area contributed by atoms with E-state index in [1.165, 1.54) is 5.69 Å². The molecule has 0 bridgehead atoms. The van der Waals surface area contributed by atoms with Crippen molar-refractivity contribution in [2.45, 2.75) is 25.7 Å². The maximum Gasteiger partial charge on any atom is 0.255 e. The van der Waals surface area contributed by atoms with Crippen molar-refractivity contribution in [2.75, 3.05) is 44.2 Å². The minimum Gasteiger partial charge on any atom is -0.368 e. The number of rotatable bonds is 4. The number of anilines is 1. The summed E-state index contributed by atoms with van der Waals surface area (Å²) >= 11 is 6.08. The molecule has 2 aliphatic heterocycles. The van der Waals surface area contributed by atoms with E-state index in [0.717, 1.165) is 37.3 Å². The summed E-state index contributed by atoms with van der Waals surface area (Å²) in [4.78, 5) is 37.5. The average molecular weight is 503 g/mol. The molecule has 0 saturated carbocycles. The fourth-order valence-electron chi connectivity index (χ4n) is 5.21. The standard InChI is InChI=1S/C29H31ClN4O2/c1-21-10-11-26(29(36)34-18-16-32(17-19-34)25-8-3-2-4-9-25)27(31-21)22-12-14-33(15-13-22)28(35)23-6-5-7-24(30)20-23/h2-11,20,22H,12-19H2,1H3. The summed E-state index contributed by atoms with van der Waals surface area (Å²) in [6.07, 6.45) is 1.57. The van der Waals surface area contributed by atoms with Gasteiger partial charge in [-0.1, -0.05) is 35.9 Å². The molecule has 0 atom stereocenters. The first kappa shape index (κ1) is 24.3. The molecule has 5 rings (SSSR count). The van der Waals surface area contributed by atoms with Gasteiger partial charge < -0.3 is 14.7 Å². The van der Waals surface area contributed by atoms with Crippen LogP contribution in [0, 0.1) is 6.92 Å². The Morgan fingerprint density at radius 2 is 1.50 bits per heavy atom. The van der Waals surface area contributed by atoms with Crippen LogP contribution in [0.1, 0.15) is 50.9 Å². The molecule has 36 heavy (non-hydrogen) atoms. The van der Waals surface area contributed by atoms with Gasteiger partial charge in [-0.05, 0) is 62.2 Å². The number of aryl methyl sites for hydroxylation is 1. The fourth-order valence-corrected chi connectivity index (χ4v) is 5.40. The number of hydrogen-bond donors (Lipinski definition) is 0. The Hall–Kier alpha value is -3.38. The van der Waals surface area contributed by atoms with Crippen LogP contribution in [-0.4, -0.2) is 65.9 Å². The number of amides is 2. The molecule has 2 aliphatic rings. The zero-order valence-electron chi connectivity index (χ0n) is 20.6. The van der Waals surface area contributed by atoms with Crippen molar-refractivity contribution in [2.24, 2.45) is 0 Å². The van der Waals surface area contributed by atoms with Gasteiger partial charge in [0.25, 0.3) is 11.8 Å². The van der Waals surface area contributed by atoms with Crippen LogP contribution in [0.5, 0.6) is 0 Å². The van der Waals surface area contributed by atoms with Gasteiger partial charge >= 0.3 is 0 Å². The molecule has 0 N–H and O–H groups in total. The Morgan fingerprint density at radius 1 is 0.806 bits per heavy atom. The molecule has 3 aromatic rings. The minimum absolute atomic E-state index is 0.000684. The van der Waals surface area contributed by atoms with Gasteiger partial charge in [0, 0.05) is 67.2 Å². The molecule has 2 aromatic carbocycles. The van der Waals surface area contributed by atoms with E-state index in [4.69, 9.17) is 16.6 Å². The summed E-state index contributed by atoms with van der Waals surface area (Å²) in [6.45, 7) is 6.24. The minimum atomic E-state index is 0.000684. The van der Waals surface area contributed by atoms with Crippen LogP contribution in [0.4, 0.5) is 5.69 Å². The summed E-state index contributed by atoms with van der Waals surface area (Å²) in [7, 11) is 0. The number of pyridine rings is 1. The number of piperazine rings is 1. The Labute approximate surface area is 217 Å². The van der Waals surface area contributed by atoms with Gasteiger partial charge in [-0.2, -0.15) is 0 Å². The normalized spacial score (nSPS) is 16.8. The van der Waals surface area contributed by atoms with Gasteiger partial charge in [-0.25, -0.2) is 0 Å². The molecule has 2 saturated heterocycles. The summed E-state index contributed by atoms with van der Waals surface area (Å²) in [5.74, 6) is 0.209. The quantitative estimate of drug-likeness (QED) is 0.502. The van der Waals surface area contributed by atoms with Crippen molar-refractivity contribution >= 4 is 29.1 Å². The highest BCUT2D eigenvalue weighted by molar-refractivity contribution is 6.30. The number of halogens is 1. The van der Waals surface area contributed by atoms with Gasteiger partial charge in [0.05, 0.1) is 11.3 Å². The lowest BCUT2D eigenvalue weighted by Gasteiger charge is -2.37. The van der Waals surface area contributed by atoms with Gasteiger partial charge in [0.1, 0.15) is 0 Å². The highest BCUT2D eigenvalue weighted by atomic mass is 35.5. The first-order valence-electron chi connectivity index (χ1n) is 12.6. The summed E-state index contributed by atoms with van der Waals surface area (Å²) in [5.41, 5.74) is 4.29. The van der Waals surface area contributed by atoms with E-state index in [-0.39, 0.29) is 17.7 Å². The molecule has 0 aliphatic carbocycles. The Balaban J connectivity index is 1.26. The zero-order valence-corrected chi connectivity index (χ0v) is 21.3. The monoisotopic (exact) mass is 502 g/mol. The maximum atomic E-state index is 13.6. The molecule has 1 aromatic heterocycles. The number of para-hydroxylation sites is 1. The number of carbonyl (C=O) groups excluding carboxylic acids is 2. The van der Waals surface area contributed by atoms with E-state index in [0.29, 0.717) is 42.3 Å². The molecule has 7 heteroatoms. The number of hydrogen-bond acceptors (Lipinski definition) is 4. The predicted molar refractivity (Wildman–Crippen MR) is 143 cm³/mol. The molecule has 0 spiro atoms. The van der Waals surface area contributed by atoms with Crippen molar-refractivity contribution < 1.29 is 9.59 Å². The number of nitrogens with zero attached hydrogens (tertiary/aromatic N) is 4. The first-order chi connectivity index (χ1) is 17.5. The zero-order chi connectivity index (χ0) is 25.1. The van der Waals surface area contributed by atoms with E-state index in [2.05, 4.69) is 17.0 Å². The number of piperidine rings is 1. The second-order valence-corrected chi connectivity index (χ2v) is 10.0. The molecular weight excluding hydrogens is 472 g/mol. The van der Waals surface area contributed by atoms with E-state index >= 15 is 0 Å². The molecular formula is C29H31ClN4O2. The van der Waals surface area contributed by atoms with E-state index in [1.807, 2.05) is 47.1 Å². The molecule has 2 fully saturated rings. The molecule has 0 radical (unpaired) electrons. The van der Waals surface area contributed by atoms with Crippen LogP contribution in [0.2, 0.25) is 5.02 Å². The first-order valence-corrected chi connectivity index (χ1v) is 13.0. The van der Waals surface area contributed by atoms with Crippen LogP contribution >= 0.6 is 11.6 Å². The summed E-state index contributed by atoms with van der Waals surface area (Å²) < 4.78 is 0. The van der Waals surface area contributed by atoms with Crippen molar-refractivity contribution in [3.63, 3.8) is 0 Å². The number of aromatic nitrogens is 1. The number of likely N-dealkylation sites (tertiary alicyclic amines) is 1. The Morgan fingerprint density at radius 3 is 2.19 bits per heavy atom. The molecule has 2 amide bonds. The smallest absolute Gasteiger partial charge is 0.255 e. The SMILES string of the molecule is Cc1ccc(C(=O)N2CCN(c3ccccc3)CC2)c(C2CCN(C(=O)c3cccc(Cl)c3)CC2)n1. The second kappa shape index (κ2) is 10.7. The highest BCUT2D eigenvalue weighted by Gasteiger charge is 2.30. The highest BCUT2D eigenvalue weighted by Crippen LogP contribution is 2.31. The van der Waals surface area contributed by atoms with Crippen molar-refractivity contribution in [3.8, 4) is 0 Å². The third-order valence-electron chi connectivity index (χ3n) is 7.22. The van der Waals surface area contributed by atoms with Crippen molar-refractivity contribution in [3.05, 3.63) is 94.3 Å². The van der Waals surface area contributed by atoms with Gasteiger partial charge in [0.15, 0.2) is 0 Å². The van der Waals surface area contributed by atoms with Crippen LogP contribution in [0.3, 0.4) is 0 Å². The molecule has 186 valence electrons. The van der Waals surface area contributed by atoms with Crippen LogP contribution in [-0.2, 0) is 0 Å². The lowest BCUT2D eigenvalue weighted by atomic mass is 9.89. The van der Waals surface area contributed by atoms with E-state index in [1.54, 1.807) is 24.3 Å². The Kier molecular flexibility index (Phi) is 7.23. The van der Waals surface area contributed by atoms with Gasteiger partial charge in [-0.3, -0.25) is 14.6 Å². The lowest BCUT2D eigenvalue weighted by Crippen LogP contribution is -2.49. The van der Waals surface area contributed by atoms with Crippen molar-refractivity contribution in [1.29, 1.82) is 0 Å². The number of benzene rings is 2. The average Bonchev–Trinajstić information content (AvgIpc) is 2.93. The van der Waals surface area contributed by atoms with Crippen LogP contribution < -0.4 is 4.90 Å². The lowest BCUT2D eigenvalue weighted by molar-refractivity contribution is 0.0702. The predicted octanol–water partition coefficient (Wildman–Crippen LogP) is 5.03. The van der Waals surface area contributed by atoms with Crippen LogP contribution in [0.15, 0.2) is 66.7 Å². The van der Waals surface area contributed by atoms with Gasteiger partial charge in [0.2, 0.25) is 0 Å². The third-order valence-corrected chi connectivity index (χ3v) is 7.46.